The molecule has 0 radical (unpaired) electrons. The zero-order valence-electron chi connectivity index (χ0n) is 7.09. The van der Waals surface area contributed by atoms with Crippen molar-refractivity contribution >= 4 is 46.5 Å². The molecule has 0 bridgehead atoms. The first-order valence-corrected chi connectivity index (χ1v) is 4.83. The number of alkyl halides is 1. The summed E-state index contributed by atoms with van der Waals surface area (Å²) in [6.45, 7) is 1.54. The average molecular weight is 255 g/mol. The quantitative estimate of drug-likeness (QED) is 0.501. The highest BCUT2D eigenvalue weighted by Crippen LogP contribution is 2.14. The van der Waals surface area contributed by atoms with Crippen molar-refractivity contribution in [1.29, 1.82) is 0 Å². The monoisotopic (exact) mass is 253 g/mol. The summed E-state index contributed by atoms with van der Waals surface area (Å²) in [5, 5.41) is 1.90. The van der Waals surface area contributed by atoms with Crippen molar-refractivity contribution in [2.75, 3.05) is 5.32 Å². The summed E-state index contributed by atoms with van der Waals surface area (Å²) in [5.74, 6) is -0.148. The Morgan fingerprint density at radius 2 is 2.14 bits per heavy atom. The number of nitrogens with zero attached hydrogens (tertiary/aromatic N) is 2. The molecule has 0 fully saturated rings. The zero-order valence-corrected chi connectivity index (χ0v) is 9.36. The van der Waals surface area contributed by atoms with Crippen LogP contribution in [0.15, 0.2) is 6.07 Å². The van der Waals surface area contributed by atoms with E-state index in [1.165, 1.54) is 6.07 Å². The van der Waals surface area contributed by atoms with Crippen molar-refractivity contribution in [3.05, 3.63) is 16.5 Å². The number of hydrogen-bond acceptors (Lipinski definition) is 3. The number of anilines is 1. The Hall–Kier alpha value is -0.580. The van der Waals surface area contributed by atoms with Crippen LogP contribution in [0.2, 0.25) is 10.4 Å². The molecule has 1 heterocycles. The first kappa shape index (κ1) is 11.5. The van der Waals surface area contributed by atoms with Crippen LogP contribution in [0.3, 0.4) is 0 Å². The van der Waals surface area contributed by atoms with Crippen LogP contribution < -0.4 is 5.32 Å². The second kappa shape index (κ2) is 4.77. The van der Waals surface area contributed by atoms with Crippen molar-refractivity contribution in [3.8, 4) is 0 Å². The summed E-state index contributed by atoms with van der Waals surface area (Å²) < 4.78 is 0. The standard InChI is InChI=1S/C7H6Cl3N3O/c1-3(8)6(14)12-5-2-4(9)11-7(10)13-5/h2-3H,1H3,(H,11,12,13,14). The Bertz CT molecular complexity index is 336. The molecule has 1 rings (SSSR count). The summed E-state index contributed by atoms with van der Waals surface area (Å²) in [6, 6.07) is 1.38. The molecule has 7 heteroatoms. The number of hydrogen-bond donors (Lipinski definition) is 1. The van der Waals surface area contributed by atoms with E-state index in [2.05, 4.69) is 15.3 Å². The van der Waals surface area contributed by atoms with Gasteiger partial charge >= 0.3 is 0 Å². The van der Waals surface area contributed by atoms with Gasteiger partial charge in [-0.1, -0.05) is 11.6 Å². The first-order chi connectivity index (χ1) is 6.49. The summed E-state index contributed by atoms with van der Waals surface area (Å²) in [7, 11) is 0. The van der Waals surface area contributed by atoms with Crippen LogP contribution in [0.5, 0.6) is 0 Å². The van der Waals surface area contributed by atoms with Gasteiger partial charge < -0.3 is 5.32 Å². The van der Waals surface area contributed by atoms with Crippen molar-refractivity contribution in [3.63, 3.8) is 0 Å². The summed E-state index contributed by atoms with van der Waals surface area (Å²) in [6.07, 6.45) is 0. The third-order valence-corrected chi connectivity index (χ3v) is 1.84. The third kappa shape index (κ3) is 3.29. The number of halogens is 3. The maximum Gasteiger partial charge on any atom is 0.243 e. The summed E-state index contributed by atoms with van der Waals surface area (Å²) in [5.41, 5.74) is 0. The molecule has 1 aromatic heterocycles. The Balaban J connectivity index is 2.82. The third-order valence-electron chi connectivity index (χ3n) is 1.28. The second-order valence-corrected chi connectivity index (χ2v) is 3.83. The van der Waals surface area contributed by atoms with E-state index in [0.29, 0.717) is 0 Å². The van der Waals surface area contributed by atoms with Gasteiger partial charge in [-0.05, 0) is 18.5 Å². The molecule has 14 heavy (non-hydrogen) atoms. The lowest BCUT2D eigenvalue weighted by Crippen LogP contribution is -2.21. The molecule has 0 aromatic carbocycles. The number of carbonyl (C=O) groups is 1. The smallest absolute Gasteiger partial charge is 0.243 e. The zero-order chi connectivity index (χ0) is 10.7. The maximum atomic E-state index is 11.1. The minimum atomic E-state index is -0.650. The van der Waals surface area contributed by atoms with Crippen LogP contribution in [0.25, 0.3) is 0 Å². The van der Waals surface area contributed by atoms with E-state index in [9.17, 15) is 4.79 Å². The fourth-order valence-electron chi connectivity index (χ4n) is 0.680. The maximum absolute atomic E-state index is 11.1. The molecule has 1 amide bonds. The van der Waals surface area contributed by atoms with E-state index in [1.54, 1.807) is 6.92 Å². The van der Waals surface area contributed by atoms with Crippen molar-refractivity contribution in [1.82, 2.24) is 9.97 Å². The lowest BCUT2D eigenvalue weighted by Gasteiger charge is -2.05. The predicted molar refractivity (Wildman–Crippen MR) is 56.0 cm³/mol. The van der Waals surface area contributed by atoms with Gasteiger partial charge in [-0.15, -0.1) is 11.6 Å². The van der Waals surface area contributed by atoms with Crippen LogP contribution in [-0.4, -0.2) is 21.3 Å². The molecule has 1 atom stereocenters. The molecular weight excluding hydrogens is 248 g/mol. The van der Waals surface area contributed by atoms with Gasteiger partial charge in [0.15, 0.2) is 0 Å². The largest absolute Gasteiger partial charge is 0.309 e. The van der Waals surface area contributed by atoms with E-state index in [0.717, 1.165) is 0 Å². The van der Waals surface area contributed by atoms with E-state index in [4.69, 9.17) is 34.8 Å². The van der Waals surface area contributed by atoms with E-state index in [1.807, 2.05) is 0 Å². The average Bonchev–Trinajstić information content (AvgIpc) is 2.01. The lowest BCUT2D eigenvalue weighted by atomic mass is 10.4. The molecule has 0 saturated carbocycles. The Morgan fingerprint density at radius 1 is 1.50 bits per heavy atom. The van der Waals surface area contributed by atoms with Gasteiger partial charge in [-0.3, -0.25) is 4.79 Å². The van der Waals surface area contributed by atoms with Crippen LogP contribution in [0, 0.1) is 0 Å². The number of carbonyl (C=O) groups excluding carboxylic acids is 1. The fraction of sp³-hybridized carbons (Fsp3) is 0.286. The Morgan fingerprint density at radius 3 is 2.64 bits per heavy atom. The fourth-order valence-corrected chi connectivity index (χ4v) is 1.14. The minimum absolute atomic E-state index is 0.0324. The SMILES string of the molecule is CC(Cl)C(=O)Nc1cc(Cl)nc(Cl)n1. The molecule has 0 spiro atoms. The first-order valence-electron chi connectivity index (χ1n) is 3.64. The van der Waals surface area contributed by atoms with Gasteiger partial charge in [0.1, 0.15) is 16.3 Å². The van der Waals surface area contributed by atoms with Gasteiger partial charge in [0.2, 0.25) is 11.2 Å². The molecule has 76 valence electrons. The van der Waals surface area contributed by atoms with E-state index >= 15 is 0 Å². The number of aromatic nitrogens is 2. The van der Waals surface area contributed by atoms with Crippen LogP contribution >= 0.6 is 34.8 Å². The lowest BCUT2D eigenvalue weighted by molar-refractivity contribution is -0.115. The van der Waals surface area contributed by atoms with Crippen LogP contribution in [0.4, 0.5) is 5.82 Å². The Labute approximate surface area is 95.6 Å². The van der Waals surface area contributed by atoms with Gasteiger partial charge in [-0.2, -0.15) is 0 Å². The number of nitrogens with one attached hydrogen (secondary N) is 1. The number of rotatable bonds is 2. The van der Waals surface area contributed by atoms with Gasteiger partial charge in [0.05, 0.1) is 0 Å². The topological polar surface area (TPSA) is 54.9 Å². The highest BCUT2D eigenvalue weighted by Gasteiger charge is 2.10. The van der Waals surface area contributed by atoms with E-state index < -0.39 is 5.38 Å². The molecule has 0 aliphatic rings. The minimum Gasteiger partial charge on any atom is -0.309 e. The Kier molecular flexibility index (Phi) is 3.92. The van der Waals surface area contributed by atoms with E-state index in [-0.39, 0.29) is 22.2 Å². The molecule has 1 aromatic rings. The number of amides is 1. The molecule has 0 aliphatic heterocycles. The highest BCUT2D eigenvalue weighted by molar-refractivity contribution is 6.33. The van der Waals surface area contributed by atoms with Crippen molar-refractivity contribution in [2.24, 2.45) is 0 Å². The predicted octanol–water partition coefficient (Wildman–Crippen LogP) is 2.35. The van der Waals surface area contributed by atoms with Gasteiger partial charge in [0, 0.05) is 6.07 Å². The molecule has 1 unspecified atom stereocenters. The molecule has 0 aliphatic carbocycles. The summed E-state index contributed by atoms with van der Waals surface area (Å²) in [4.78, 5) is 18.5. The molecule has 0 saturated heterocycles. The normalized spacial score (nSPS) is 12.3. The van der Waals surface area contributed by atoms with Gasteiger partial charge in [-0.25, -0.2) is 9.97 Å². The van der Waals surface area contributed by atoms with Crippen LogP contribution in [0.1, 0.15) is 6.92 Å². The highest BCUT2D eigenvalue weighted by atomic mass is 35.5. The molecule has 4 nitrogen and oxygen atoms in total. The van der Waals surface area contributed by atoms with Crippen LogP contribution in [-0.2, 0) is 4.79 Å². The van der Waals surface area contributed by atoms with Crippen molar-refractivity contribution < 1.29 is 4.79 Å². The summed E-state index contributed by atoms with van der Waals surface area (Å²) >= 11 is 16.7. The van der Waals surface area contributed by atoms with Gasteiger partial charge in [0.25, 0.3) is 0 Å². The molecule has 1 N–H and O–H groups in total. The second-order valence-electron chi connectivity index (χ2n) is 2.45. The van der Waals surface area contributed by atoms with Crippen molar-refractivity contribution in [2.45, 2.75) is 12.3 Å². The molecular formula is C7H6Cl3N3O.